The predicted molar refractivity (Wildman–Crippen MR) is 114 cm³/mol. The third kappa shape index (κ3) is 3.88. The number of fused-ring (bicyclic) bond motifs is 1. The molecular weight excluding hydrogens is 435 g/mol. The molecule has 11 heteroatoms. The molecule has 170 valence electrons. The van der Waals surface area contributed by atoms with E-state index in [2.05, 4.69) is 25.0 Å². The van der Waals surface area contributed by atoms with Gasteiger partial charge in [0.15, 0.2) is 23.1 Å². The van der Waals surface area contributed by atoms with E-state index in [0.29, 0.717) is 37.0 Å². The van der Waals surface area contributed by atoms with Crippen molar-refractivity contribution in [2.75, 3.05) is 24.6 Å². The fourth-order valence-electron chi connectivity index (χ4n) is 3.77. The molecule has 1 aliphatic rings. The first-order chi connectivity index (χ1) is 15.8. The third-order valence-corrected chi connectivity index (χ3v) is 5.63. The number of aryl methyl sites for hydroxylation is 3. The highest BCUT2D eigenvalue weighted by Gasteiger charge is 2.27. The second-order valence-corrected chi connectivity index (χ2v) is 7.95. The molecule has 0 N–H and O–H groups in total. The van der Waals surface area contributed by atoms with E-state index in [1.54, 1.807) is 24.7 Å². The van der Waals surface area contributed by atoms with Crippen LogP contribution in [0.1, 0.15) is 23.1 Å². The van der Waals surface area contributed by atoms with Crippen molar-refractivity contribution in [3.05, 3.63) is 58.9 Å². The molecule has 0 amide bonds. The molecule has 8 nitrogen and oxygen atoms in total. The molecule has 5 rings (SSSR count). The second-order valence-electron chi connectivity index (χ2n) is 7.95. The number of hydrogen-bond acceptors (Lipinski definition) is 7. The minimum absolute atomic E-state index is 0.0506. The van der Waals surface area contributed by atoms with Gasteiger partial charge in [-0.25, -0.2) is 28.1 Å². The zero-order valence-corrected chi connectivity index (χ0v) is 18.2. The zero-order valence-electron chi connectivity index (χ0n) is 18.2. The monoisotopic (exact) mass is 455 g/mol. The number of nitrogens with zero attached hydrogens (tertiary/aromatic N) is 7. The number of morpholine rings is 1. The summed E-state index contributed by atoms with van der Waals surface area (Å²) in [4.78, 5) is 20.1. The molecule has 0 unspecified atom stereocenters. The van der Waals surface area contributed by atoms with E-state index in [1.165, 1.54) is 0 Å². The number of aromatic nitrogens is 6. The van der Waals surface area contributed by atoms with Crippen LogP contribution in [0.3, 0.4) is 0 Å². The minimum Gasteiger partial charge on any atom is -0.370 e. The summed E-state index contributed by atoms with van der Waals surface area (Å²) in [6.07, 6.45) is 3.37. The van der Waals surface area contributed by atoms with Crippen LogP contribution >= 0.6 is 0 Å². The van der Waals surface area contributed by atoms with Crippen LogP contribution in [0, 0.1) is 31.3 Å². The molecule has 0 radical (unpaired) electrons. The van der Waals surface area contributed by atoms with Gasteiger partial charge in [-0.1, -0.05) is 0 Å². The Kier molecular flexibility index (Phi) is 5.20. The normalized spacial score (nSPS) is 16.5. The summed E-state index contributed by atoms with van der Waals surface area (Å²) in [6, 6.07) is 1.80. The largest absolute Gasteiger partial charge is 0.370 e. The van der Waals surface area contributed by atoms with Crippen molar-refractivity contribution in [3.8, 4) is 11.3 Å². The van der Waals surface area contributed by atoms with Gasteiger partial charge in [-0.15, -0.1) is 0 Å². The third-order valence-electron chi connectivity index (χ3n) is 5.63. The Morgan fingerprint density at radius 3 is 2.42 bits per heavy atom. The quantitative estimate of drug-likeness (QED) is 0.438. The van der Waals surface area contributed by atoms with Gasteiger partial charge in [0.1, 0.15) is 17.3 Å². The minimum atomic E-state index is -1.54. The Balaban J connectivity index is 1.63. The fourth-order valence-corrected chi connectivity index (χ4v) is 3.77. The van der Waals surface area contributed by atoms with Gasteiger partial charge in [-0.05, 0) is 26.0 Å². The van der Waals surface area contributed by atoms with Gasteiger partial charge in [0.05, 0.1) is 30.7 Å². The lowest BCUT2D eigenvalue weighted by Gasteiger charge is -2.32. The van der Waals surface area contributed by atoms with E-state index in [1.807, 2.05) is 18.1 Å². The molecule has 1 aromatic carbocycles. The van der Waals surface area contributed by atoms with E-state index in [4.69, 9.17) is 4.74 Å². The Morgan fingerprint density at radius 1 is 1.00 bits per heavy atom. The Labute approximate surface area is 187 Å². The van der Waals surface area contributed by atoms with Gasteiger partial charge in [-0.3, -0.25) is 4.68 Å². The number of anilines is 1. The van der Waals surface area contributed by atoms with Crippen LogP contribution in [0.5, 0.6) is 0 Å². The van der Waals surface area contributed by atoms with Crippen molar-refractivity contribution in [3.63, 3.8) is 0 Å². The standard InChI is InChI=1S/C22H20F3N7O/c1-11-12(2)28-21-20(27-11)19(13-6-15(23)18(25)16(24)7-13)29-22(30-21)32-4-5-33-17(10-32)14-8-26-31(3)9-14/h6-9,17H,4-5,10H2,1-3H3/t17-/m0/s1. The smallest absolute Gasteiger partial charge is 0.228 e. The van der Waals surface area contributed by atoms with Crippen LogP contribution in [-0.4, -0.2) is 49.4 Å². The van der Waals surface area contributed by atoms with Gasteiger partial charge in [-0.2, -0.15) is 10.1 Å². The molecule has 1 atom stereocenters. The van der Waals surface area contributed by atoms with Crippen molar-refractivity contribution in [1.29, 1.82) is 0 Å². The predicted octanol–water partition coefficient (Wildman–Crippen LogP) is 3.43. The molecule has 0 bridgehead atoms. The molecule has 33 heavy (non-hydrogen) atoms. The van der Waals surface area contributed by atoms with Gasteiger partial charge in [0.25, 0.3) is 0 Å². The molecule has 0 aliphatic carbocycles. The van der Waals surface area contributed by atoms with E-state index in [0.717, 1.165) is 17.7 Å². The summed E-state index contributed by atoms with van der Waals surface area (Å²) in [7, 11) is 1.83. The van der Waals surface area contributed by atoms with Crippen molar-refractivity contribution in [1.82, 2.24) is 29.7 Å². The summed E-state index contributed by atoms with van der Waals surface area (Å²) in [5, 5.41) is 4.19. The van der Waals surface area contributed by atoms with Gasteiger partial charge in [0, 0.05) is 30.9 Å². The maximum Gasteiger partial charge on any atom is 0.228 e. The van der Waals surface area contributed by atoms with E-state index < -0.39 is 17.5 Å². The second kappa shape index (κ2) is 8.07. The van der Waals surface area contributed by atoms with E-state index >= 15 is 0 Å². The molecule has 1 fully saturated rings. The molecule has 0 saturated carbocycles. The highest BCUT2D eigenvalue weighted by atomic mass is 19.2. The van der Waals surface area contributed by atoms with Gasteiger partial charge in [0.2, 0.25) is 5.95 Å². The number of ether oxygens (including phenoxy) is 1. The Bertz CT molecular complexity index is 1350. The van der Waals surface area contributed by atoms with Crippen molar-refractivity contribution < 1.29 is 17.9 Å². The maximum atomic E-state index is 14.0. The summed E-state index contributed by atoms with van der Waals surface area (Å²) >= 11 is 0. The van der Waals surface area contributed by atoms with Crippen LogP contribution in [-0.2, 0) is 11.8 Å². The highest BCUT2D eigenvalue weighted by molar-refractivity contribution is 5.88. The summed E-state index contributed by atoms with van der Waals surface area (Å²) < 4.78 is 49.3. The van der Waals surface area contributed by atoms with E-state index in [9.17, 15) is 13.2 Å². The number of rotatable bonds is 3. The molecule has 4 heterocycles. The molecule has 0 spiro atoms. The van der Waals surface area contributed by atoms with Crippen LogP contribution < -0.4 is 4.90 Å². The molecule has 4 aromatic rings. The molecule has 3 aromatic heterocycles. The SMILES string of the molecule is Cc1nc2nc(N3CCO[C@H](c4cnn(C)c4)C3)nc(-c3cc(F)c(F)c(F)c3)c2nc1C. The molecular formula is C22H20F3N7O. The van der Waals surface area contributed by atoms with Gasteiger partial charge < -0.3 is 9.64 Å². The summed E-state index contributed by atoms with van der Waals surface area (Å²) in [5.41, 5.74) is 3.01. The van der Waals surface area contributed by atoms with Crippen LogP contribution in [0.25, 0.3) is 22.4 Å². The van der Waals surface area contributed by atoms with Crippen LogP contribution in [0.15, 0.2) is 24.5 Å². The molecule has 1 saturated heterocycles. The van der Waals surface area contributed by atoms with Crippen LogP contribution in [0.4, 0.5) is 19.1 Å². The first-order valence-corrected chi connectivity index (χ1v) is 10.3. The number of halogens is 3. The van der Waals surface area contributed by atoms with Crippen molar-refractivity contribution in [2.45, 2.75) is 20.0 Å². The first-order valence-electron chi connectivity index (χ1n) is 10.3. The lowest BCUT2D eigenvalue weighted by molar-refractivity contribution is 0.0392. The Morgan fingerprint density at radius 2 is 1.73 bits per heavy atom. The van der Waals surface area contributed by atoms with Crippen molar-refractivity contribution >= 4 is 17.1 Å². The van der Waals surface area contributed by atoms with Crippen LogP contribution in [0.2, 0.25) is 0 Å². The maximum absolute atomic E-state index is 14.0. The lowest BCUT2D eigenvalue weighted by atomic mass is 10.1. The topological polar surface area (TPSA) is 81.9 Å². The summed E-state index contributed by atoms with van der Waals surface area (Å²) in [5.74, 6) is -3.84. The lowest BCUT2D eigenvalue weighted by Crippen LogP contribution is -2.39. The zero-order chi connectivity index (χ0) is 23.3. The Hall–Kier alpha value is -3.60. The fraction of sp³-hybridized carbons (Fsp3) is 0.318. The average molecular weight is 455 g/mol. The first kappa shape index (κ1) is 21.3. The van der Waals surface area contributed by atoms with Gasteiger partial charge >= 0.3 is 0 Å². The van der Waals surface area contributed by atoms with Crippen molar-refractivity contribution in [2.24, 2.45) is 7.05 Å². The number of benzene rings is 1. The molecule has 1 aliphatic heterocycles. The van der Waals surface area contributed by atoms with E-state index in [-0.39, 0.29) is 28.5 Å². The summed E-state index contributed by atoms with van der Waals surface area (Å²) in [6.45, 7) is 4.95. The number of hydrogen-bond donors (Lipinski definition) is 0. The average Bonchev–Trinajstić information content (AvgIpc) is 3.24. The highest BCUT2D eigenvalue weighted by Crippen LogP contribution is 2.31.